The molecule has 0 unspecified atom stereocenters. The van der Waals surface area contributed by atoms with Gasteiger partial charge in [-0.2, -0.15) is 0 Å². The Kier molecular flexibility index (Phi) is 8.77. The molecule has 2 atom stereocenters. The maximum Gasteiger partial charge on any atom is 0.404 e. The highest BCUT2D eigenvalue weighted by atomic mass is 19.1. The molecule has 0 fully saturated rings. The molecule has 0 saturated carbocycles. The van der Waals surface area contributed by atoms with E-state index in [1.165, 1.54) is 0 Å². The summed E-state index contributed by atoms with van der Waals surface area (Å²) in [5.41, 5.74) is 4.23. The van der Waals surface area contributed by atoms with E-state index in [1.54, 1.807) is 13.8 Å². The highest BCUT2D eigenvalue weighted by Crippen LogP contribution is 2.14. The summed E-state index contributed by atoms with van der Waals surface area (Å²) < 4.78 is 31.6. The van der Waals surface area contributed by atoms with Crippen LogP contribution < -0.4 is 16.4 Å². The van der Waals surface area contributed by atoms with Gasteiger partial charge in [0.25, 0.3) is 0 Å². The standard InChI is InChI=1S/C19H29F2N3O4/c1-11(2)9-23-17(26)19(3,4)24-10-15(25)16(28-18(22)27)7-12-5-13(20)8-14(21)6-12/h5-6,8,11,15-16,24-25H,7,9-10H2,1-4H3,(H2,22,27)(H,23,26)/t15-,16-/m0/s1. The van der Waals surface area contributed by atoms with Crippen LogP contribution in [0.4, 0.5) is 13.6 Å². The van der Waals surface area contributed by atoms with Gasteiger partial charge in [-0.3, -0.25) is 4.79 Å². The molecule has 1 aromatic rings. The maximum absolute atomic E-state index is 13.4. The summed E-state index contributed by atoms with van der Waals surface area (Å²) in [6, 6.07) is 2.86. The average Bonchev–Trinajstić information content (AvgIpc) is 2.55. The van der Waals surface area contributed by atoms with Crippen LogP contribution in [0.1, 0.15) is 33.3 Å². The minimum atomic E-state index is -1.27. The number of rotatable bonds is 10. The number of carbonyl (C=O) groups excluding carboxylic acids is 2. The van der Waals surface area contributed by atoms with Gasteiger partial charge >= 0.3 is 6.09 Å². The van der Waals surface area contributed by atoms with Gasteiger partial charge in [0.2, 0.25) is 5.91 Å². The third-order valence-electron chi connectivity index (χ3n) is 4.05. The van der Waals surface area contributed by atoms with E-state index in [2.05, 4.69) is 10.6 Å². The van der Waals surface area contributed by atoms with Crippen LogP contribution in [0.3, 0.4) is 0 Å². The van der Waals surface area contributed by atoms with Crippen molar-refractivity contribution in [1.29, 1.82) is 0 Å². The summed E-state index contributed by atoms with van der Waals surface area (Å²) in [7, 11) is 0. The number of β-amino-alcohol motifs (C(OH)–C–C–N with tert-alkyl or cyclic N) is 1. The number of nitrogens with one attached hydrogen (secondary N) is 2. The Morgan fingerprint density at radius 3 is 2.25 bits per heavy atom. The highest BCUT2D eigenvalue weighted by Gasteiger charge is 2.30. The van der Waals surface area contributed by atoms with Crippen LogP contribution in [0.15, 0.2) is 18.2 Å². The Hall–Kier alpha value is -2.26. The first-order chi connectivity index (χ1) is 12.9. The van der Waals surface area contributed by atoms with E-state index in [-0.39, 0.29) is 30.4 Å². The monoisotopic (exact) mass is 401 g/mol. The lowest BCUT2D eigenvalue weighted by atomic mass is 10.0. The van der Waals surface area contributed by atoms with E-state index in [4.69, 9.17) is 10.5 Å². The minimum absolute atomic E-state index is 0.113. The van der Waals surface area contributed by atoms with Crippen LogP contribution in [0.25, 0.3) is 0 Å². The Labute approximate surface area is 163 Å². The number of aliphatic hydroxyl groups is 1. The van der Waals surface area contributed by atoms with E-state index >= 15 is 0 Å². The molecule has 1 aromatic carbocycles. The molecule has 0 aliphatic rings. The van der Waals surface area contributed by atoms with Crippen LogP contribution >= 0.6 is 0 Å². The second-order valence-electron chi connectivity index (χ2n) is 7.63. The van der Waals surface area contributed by atoms with Gasteiger partial charge in [-0.25, -0.2) is 13.6 Å². The smallest absolute Gasteiger partial charge is 0.404 e. The van der Waals surface area contributed by atoms with Crippen molar-refractivity contribution in [3.63, 3.8) is 0 Å². The lowest BCUT2D eigenvalue weighted by Crippen LogP contribution is -2.56. The second-order valence-corrected chi connectivity index (χ2v) is 7.63. The van der Waals surface area contributed by atoms with Crippen LogP contribution in [-0.4, -0.2) is 47.9 Å². The summed E-state index contributed by atoms with van der Waals surface area (Å²) in [6.45, 7) is 7.60. The minimum Gasteiger partial charge on any atom is -0.443 e. The van der Waals surface area contributed by atoms with Crippen molar-refractivity contribution < 1.29 is 28.2 Å². The van der Waals surface area contributed by atoms with E-state index in [9.17, 15) is 23.5 Å². The molecule has 28 heavy (non-hydrogen) atoms. The molecule has 0 bridgehead atoms. The number of ether oxygens (including phenoxy) is 1. The topological polar surface area (TPSA) is 114 Å². The van der Waals surface area contributed by atoms with E-state index in [1.807, 2.05) is 13.8 Å². The van der Waals surface area contributed by atoms with Gasteiger partial charge in [-0.05, 0) is 37.5 Å². The largest absolute Gasteiger partial charge is 0.443 e. The number of amides is 2. The molecule has 0 aliphatic carbocycles. The molecule has 0 aromatic heterocycles. The van der Waals surface area contributed by atoms with Crippen LogP contribution in [0.2, 0.25) is 0 Å². The average molecular weight is 401 g/mol. The fraction of sp³-hybridized carbons (Fsp3) is 0.579. The molecule has 0 heterocycles. The van der Waals surface area contributed by atoms with Crippen LogP contribution in [0, 0.1) is 17.6 Å². The van der Waals surface area contributed by atoms with Gasteiger partial charge in [0.1, 0.15) is 23.8 Å². The van der Waals surface area contributed by atoms with Crippen molar-refractivity contribution in [3.05, 3.63) is 35.4 Å². The van der Waals surface area contributed by atoms with E-state index < -0.39 is 35.5 Å². The lowest BCUT2D eigenvalue weighted by Gasteiger charge is -2.29. The fourth-order valence-electron chi connectivity index (χ4n) is 2.46. The number of halogens is 2. The molecule has 9 heteroatoms. The summed E-state index contributed by atoms with van der Waals surface area (Å²) in [4.78, 5) is 23.4. The summed E-state index contributed by atoms with van der Waals surface area (Å²) >= 11 is 0. The Balaban J connectivity index is 2.77. The zero-order valence-electron chi connectivity index (χ0n) is 16.6. The van der Waals surface area contributed by atoms with Gasteiger partial charge < -0.3 is 26.2 Å². The number of carbonyl (C=O) groups is 2. The molecule has 1 rings (SSSR count). The van der Waals surface area contributed by atoms with Gasteiger partial charge in [-0.1, -0.05) is 13.8 Å². The van der Waals surface area contributed by atoms with E-state index in [0.29, 0.717) is 12.6 Å². The SMILES string of the molecule is CC(C)CNC(=O)C(C)(C)NC[C@H](O)[C@H](Cc1cc(F)cc(F)c1)OC(N)=O. The number of primary amides is 1. The quantitative estimate of drug-likeness (QED) is 0.474. The number of nitrogens with two attached hydrogens (primary N) is 1. The van der Waals surface area contributed by atoms with Crippen LogP contribution in [0.5, 0.6) is 0 Å². The van der Waals surface area contributed by atoms with E-state index in [0.717, 1.165) is 12.1 Å². The molecule has 0 spiro atoms. The number of hydrogen-bond acceptors (Lipinski definition) is 5. The Bertz CT molecular complexity index is 663. The molecule has 5 N–H and O–H groups in total. The lowest BCUT2D eigenvalue weighted by molar-refractivity contribution is -0.126. The Morgan fingerprint density at radius 1 is 1.18 bits per heavy atom. The highest BCUT2D eigenvalue weighted by molar-refractivity contribution is 5.85. The molecule has 0 radical (unpaired) electrons. The van der Waals surface area contributed by atoms with Crippen molar-refractivity contribution in [2.75, 3.05) is 13.1 Å². The van der Waals surface area contributed by atoms with Crippen molar-refractivity contribution in [2.45, 2.75) is 51.9 Å². The van der Waals surface area contributed by atoms with Crippen molar-refractivity contribution in [3.8, 4) is 0 Å². The number of aliphatic hydroxyl groups excluding tert-OH is 1. The summed E-state index contributed by atoms with van der Waals surface area (Å²) in [5, 5.41) is 16.1. The zero-order valence-corrected chi connectivity index (χ0v) is 16.6. The second kappa shape index (κ2) is 10.3. The third-order valence-corrected chi connectivity index (χ3v) is 4.05. The first-order valence-corrected chi connectivity index (χ1v) is 9.03. The number of benzene rings is 1. The predicted molar refractivity (Wildman–Crippen MR) is 100 cm³/mol. The summed E-state index contributed by atoms with van der Waals surface area (Å²) in [6.07, 6.45) is -3.70. The van der Waals surface area contributed by atoms with Gasteiger partial charge in [0.05, 0.1) is 5.54 Å². The fourth-order valence-corrected chi connectivity index (χ4v) is 2.46. The van der Waals surface area contributed by atoms with Crippen molar-refractivity contribution in [1.82, 2.24) is 10.6 Å². The third kappa shape index (κ3) is 8.18. The molecule has 158 valence electrons. The normalized spacial score (nSPS) is 13.9. The molecular weight excluding hydrogens is 372 g/mol. The molecular formula is C19H29F2N3O4. The van der Waals surface area contributed by atoms with Crippen molar-refractivity contribution in [2.24, 2.45) is 11.7 Å². The van der Waals surface area contributed by atoms with Crippen molar-refractivity contribution >= 4 is 12.0 Å². The molecule has 2 amide bonds. The van der Waals surface area contributed by atoms with Gasteiger partial charge in [0.15, 0.2) is 0 Å². The summed E-state index contributed by atoms with van der Waals surface area (Å²) in [5.74, 6) is -1.55. The zero-order chi connectivity index (χ0) is 21.5. The predicted octanol–water partition coefficient (Wildman–Crippen LogP) is 1.47. The van der Waals surface area contributed by atoms with Gasteiger partial charge in [-0.15, -0.1) is 0 Å². The molecule has 0 aliphatic heterocycles. The number of hydrogen-bond donors (Lipinski definition) is 4. The van der Waals surface area contributed by atoms with Gasteiger partial charge in [0, 0.05) is 25.6 Å². The molecule has 7 nitrogen and oxygen atoms in total. The first kappa shape index (κ1) is 23.8. The van der Waals surface area contributed by atoms with Crippen LogP contribution in [-0.2, 0) is 16.0 Å². The molecule has 0 saturated heterocycles. The Morgan fingerprint density at radius 2 is 1.75 bits per heavy atom. The maximum atomic E-state index is 13.4. The first-order valence-electron chi connectivity index (χ1n) is 9.03.